The van der Waals surface area contributed by atoms with Crippen molar-refractivity contribution in [3.63, 3.8) is 0 Å². The first-order valence-electron chi connectivity index (χ1n) is 11.0. The van der Waals surface area contributed by atoms with Crippen LogP contribution in [0.5, 0.6) is 0 Å². The number of hydrogen-bond acceptors (Lipinski definition) is 4. The summed E-state index contributed by atoms with van der Waals surface area (Å²) in [4.78, 5) is 22.2. The predicted octanol–water partition coefficient (Wildman–Crippen LogP) is 3.13. The van der Waals surface area contributed by atoms with Crippen molar-refractivity contribution in [2.75, 3.05) is 26.2 Å². The minimum absolute atomic E-state index is 0.180. The number of nitrogens with one attached hydrogen (secondary N) is 1. The number of hydrogen-bond donors (Lipinski definition) is 1. The summed E-state index contributed by atoms with van der Waals surface area (Å²) in [5.74, 6) is 0.180. The molecule has 0 spiro atoms. The minimum Gasteiger partial charge on any atom is -0.339 e. The Morgan fingerprint density at radius 2 is 1.48 bits per heavy atom. The first kappa shape index (κ1) is 21.2. The van der Waals surface area contributed by atoms with Crippen molar-refractivity contribution in [1.82, 2.24) is 20.1 Å². The lowest BCUT2D eigenvalue weighted by Crippen LogP contribution is -2.54. The number of carbonyl (C=O) groups is 1. The number of rotatable bonds is 8. The van der Waals surface area contributed by atoms with Gasteiger partial charge in [0.05, 0.1) is 11.7 Å². The average Bonchev–Trinajstić information content (AvgIpc) is 2.84. The molecule has 2 heterocycles. The second-order valence-electron chi connectivity index (χ2n) is 8.03. The number of nitrogens with zero attached hydrogens (tertiary/aromatic N) is 3. The molecule has 0 bridgehead atoms. The first-order chi connectivity index (χ1) is 15.3. The van der Waals surface area contributed by atoms with Gasteiger partial charge in [-0.25, -0.2) is 0 Å². The molecular weight excluding hydrogens is 384 g/mol. The molecule has 31 heavy (non-hydrogen) atoms. The Kier molecular flexibility index (Phi) is 7.42. The van der Waals surface area contributed by atoms with E-state index in [0.29, 0.717) is 13.0 Å². The zero-order valence-electron chi connectivity index (χ0n) is 17.9. The maximum atomic E-state index is 13.4. The quantitative estimate of drug-likeness (QED) is 0.615. The molecule has 0 aliphatic carbocycles. The fourth-order valence-electron chi connectivity index (χ4n) is 4.02. The predicted molar refractivity (Wildman–Crippen MR) is 123 cm³/mol. The Morgan fingerprint density at radius 1 is 0.839 bits per heavy atom. The van der Waals surface area contributed by atoms with Crippen molar-refractivity contribution in [1.29, 1.82) is 0 Å². The average molecular weight is 415 g/mol. The number of aromatic nitrogens is 1. The van der Waals surface area contributed by atoms with Crippen LogP contribution in [0.15, 0.2) is 85.1 Å². The molecule has 1 unspecified atom stereocenters. The topological polar surface area (TPSA) is 48.5 Å². The van der Waals surface area contributed by atoms with Crippen molar-refractivity contribution >= 4 is 5.91 Å². The SMILES string of the molecule is O=C(C(Cc1ccccc1)NCc1ccccn1)N1CCN(Cc2ccccc2)CC1. The smallest absolute Gasteiger partial charge is 0.240 e. The van der Waals surface area contributed by atoms with E-state index in [1.54, 1.807) is 6.20 Å². The molecular formula is C26H30N4O. The molecule has 1 fully saturated rings. The Balaban J connectivity index is 1.36. The molecule has 5 nitrogen and oxygen atoms in total. The molecule has 1 atom stereocenters. The molecule has 0 saturated carbocycles. The van der Waals surface area contributed by atoms with Crippen LogP contribution in [0, 0.1) is 0 Å². The highest BCUT2D eigenvalue weighted by atomic mass is 16.2. The van der Waals surface area contributed by atoms with Crippen molar-refractivity contribution < 1.29 is 4.79 Å². The zero-order chi connectivity index (χ0) is 21.3. The van der Waals surface area contributed by atoms with Crippen molar-refractivity contribution in [2.45, 2.75) is 25.6 Å². The van der Waals surface area contributed by atoms with Gasteiger partial charge in [0.25, 0.3) is 0 Å². The van der Waals surface area contributed by atoms with Gasteiger partial charge in [0, 0.05) is 45.5 Å². The number of pyridine rings is 1. The summed E-state index contributed by atoms with van der Waals surface area (Å²) in [6.45, 7) is 4.86. The molecule has 1 saturated heterocycles. The van der Waals surface area contributed by atoms with E-state index in [1.165, 1.54) is 5.56 Å². The Bertz CT molecular complexity index is 925. The second kappa shape index (κ2) is 10.8. The second-order valence-corrected chi connectivity index (χ2v) is 8.03. The summed E-state index contributed by atoms with van der Waals surface area (Å²) >= 11 is 0. The van der Waals surface area contributed by atoms with Crippen LogP contribution < -0.4 is 5.32 Å². The lowest BCUT2D eigenvalue weighted by Gasteiger charge is -2.36. The highest BCUT2D eigenvalue weighted by Gasteiger charge is 2.27. The van der Waals surface area contributed by atoms with Gasteiger partial charge in [-0.3, -0.25) is 20.0 Å². The van der Waals surface area contributed by atoms with Crippen LogP contribution in [0.3, 0.4) is 0 Å². The van der Waals surface area contributed by atoms with E-state index in [-0.39, 0.29) is 11.9 Å². The van der Waals surface area contributed by atoms with E-state index in [4.69, 9.17) is 0 Å². The molecule has 4 rings (SSSR count). The fourth-order valence-corrected chi connectivity index (χ4v) is 4.02. The highest BCUT2D eigenvalue weighted by Crippen LogP contribution is 2.12. The largest absolute Gasteiger partial charge is 0.339 e. The molecule has 160 valence electrons. The molecule has 1 amide bonds. The third kappa shape index (κ3) is 6.23. The van der Waals surface area contributed by atoms with Gasteiger partial charge < -0.3 is 4.90 Å². The van der Waals surface area contributed by atoms with Crippen LogP contribution in [-0.4, -0.2) is 52.9 Å². The third-order valence-electron chi connectivity index (χ3n) is 5.77. The lowest BCUT2D eigenvalue weighted by molar-refractivity contribution is -0.135. The summed E-state index contributed by atoms with van der Waals surface area (Å²) < 4.78 is 0. The Morgan fingerprint density at radius 3 is 2.13 bits per heavy atom. The van der Waals surface area contributed by atoms with E-state index in [2.05, 4.69) is 51.6 Å². The number of piperazine rings is 1. The van der Waals surface area contributed by atoms with E-state index < -0.39 is 0 Å². The van der Waals surface area contributed by atoms with Crippen LogP contribution >= 0.6 is 0 Å². The van der Waals surface area contributed by atoms with E-state index >= 15 is 0 Å². The molecule has 2 aromatic carbocycles. The summed E-state index contributed by atoms with van der Waals surface area (Å²) in [6, 6.07) is 26.4. The summed E-state index contributed by atoms with van der Waals surface area (Å²) in [5.41, 5.74) is 3.43. The molecule has 1 aliphatic rings. The van der Waals surface area contributed by atoms with Gasteiger partial charge >= 0.3 is 0 Å². The molecule has 0 radical (unpaired) electrons. The van der Waals surface area contributed by atoms with Crippen LogP contribution in [0.1, 0.15) is 16.8 Å². The molecule has 3 aromatic rings. The monoisotopic (exact) mass is 414 g/mol. The minimum atomic E-state index is -0.259. The zero-order valence-corrected chi connectivity index (χ0v) is 17.9. The van der Waals surface area contributed by atoms with E-state index in [0.717, 1.165) is 44.0 Å². The van der Waals surface area contributed by atoms with Crippen molar-refractivity contribution in [2.24, 2.45) is 0 Å². The highest BCUT2D eigenvalue weighted by molar-refractivity contribution is 5.82. The normalized spacial score (nSPS) is 15.5. The van der Waals surface area contributed by atoms with Gasteiger partial charge in [-0.2, -0.15) is 0 Å². The fraction of sp³-hybridized carbons (Fsp3) is 0.308. The van der Waals surface area contributed by atoms with Crippen molar-refractivity contribution in [3.05, 3.63) is 102 Å². The van der Waals surface area contributed by atoms with E-state index in [1.807, 2.05) is 47.4 Å². The van der Waals surface area contributed by atoms with Gasteiger partial charge in [-0.1, -0.05) is 66.7 Å². The maximum absolute atomic E-state index is 13.4. The van der Waals surface area contributed by atoms with Crippen molar-refractivity contribution in [3.8, 4) is 0 Å². The van der Waals surface area contributed by atoms with Gasteiger partial charge in [-0.15, -0.1) is 0 Å². The number of amides is 1. The van der Waals surface area contributed by atoms with Gasteiger partial charge in [0.2, 0.25) is 5.91 Å². The summed E-state index contributed by atoms with van der Waals surface area (Å²) in [6.07, 6.45) is 2.47. The van der Waals surface area contributed by atoms with Gasteiger partial charge in [-0.05, 0) is 29.7 Å². The van der Waals surface area contributed by atoms with E-state index in [9.17, 15) is 4.79 Å². The van der Waals surface area contributed by atoms with Gasteiger partial charge in [0.1, 0.15) is 0 Å². The lowest BCUT2D eigenvalue weighted by atomic mass is 10.0. The van der Waals surface area contributed by atoms with Crippen LogP contribution in [-0.2, 0) is 24.3 Å². The Hall–Kier alpha value is -3.02. The summed E-state index contributed by atoms with van der Waals surface area (Å²) in [5, 5.41) is 3.47. The third-order valence-corrected chi connectivity index (χ3v) is 5.77. The molecule has 1 aliphatic heterocycles. The molecule has 1 aromatic heterocycles. The first-order valence-corrected chi connectivity index (χ1v) is 11.0. The standard InChI is InChI=1S/C26H30N4O/c31-26(30-17-15-29(16-18-30)21-23-11-5-2-6-12-23)25(19-22-9-3-1-4-10-22)28-20-24-13-7-8-14-27-24/h1-14,25,28H,15-21H2. The number of carbonyl (C=O) groups excluding carboxylic acids is 1. The van der Waals surface area contributed by atoms with Crippen LogP contribution in [0.2, 0.25) is 0 Å². The molecule has 1 N–H and O–H groups in total. The van der Waals surface area contributed by atoms with Gasteiger partial charge in [0.15, 0.2) is 0 Å². The van der Waals surface area contributed by atoms with Crippen LogP contribution in [0.4, 0.5) is 0 Å². The summed E-state index contributed by atoms with van der Waals surface area (Å²) in [7, 11) is 0. The van der Waals surface area contributed by atoms with Crippen LogP contribution in [0.25, 0.3) is 0 Å². The molecule has 5 heteroatoms. The number of benzene rings is 2. The maximum Gasteiger partial charge on any atom is 0.240 e. The Labute approximate surface area is 184 Å².